The molecule has 0 unspecified atom stereocenters. The van der Waals surface area contributed by atoms with Crippen LogP contribution in [0.1, 0.15) is 37.7 Å². The number of methoxy groups -OCH3 is 2. The van der Waals surface area contributed by atoms with Crippen LogP contribution in [0.2, 0.25) is 0 Å². The van der Waals surface area contributed by atoms with Crippen molar-refractivity contribution in [3.63, 3.8) is 0 Å². The second kappa shape index (κ2) is 8.22. The van der Waals surface area contributed by atoms with E-state index in [0.717, 1.165) is 28.4 Å². The predicted molar refractivity (Wildman–Crippen MR) is 116 cm³/mol. The van der Waals surface area contributed by atoms with E-state index in [4.69, 9.17) is 9.47 Å². The molecule has 3 rings (SSSR count). The lowest BCUT2D eigenvalue weighted by Crippen LogP contribution is -2.31. The lowest BCUT2D eigenvalue weighted by Gasteiger charge is -2.22. The third-order valence-electron chi connectivity index (χ3n) is 5.45. The van der Waals surface area contributed by atoms with Crippen molar-refractivity contribution in [1.29, 1.82) is 0 Å². The van der Waals surface area contributed by atoms with Crippen LogP contribution in [0.3, 0.4) is 0 Å². The van der Waals surface area contributed by atoms with Crippen molar-refractivity contribution in [2.24, 2.45) is 0 Å². The molecular weight excluding hydrogens is 380 g/mol. The van der Waals surface area contributed by atoms with Gasteiger partial charge in [0.25, 0.3) is 5.91 Å². The van der Waals surface area contributed by atoms with E-state index in [1.165, 1.54) is 7.11 Å². The first-order valence-electron chi connectivity index (χ1n) is 9.89. The Kier molecular flexibility index (Phi) is 5.87. The van der Waals surface area contributed by atoms with Crippen LogP contribution in [0.15, 0.2) is 47.2 Å². The standard InChI is InChI=1S/C24H28N2O4/c1-14(2)25-17(5)22(24(28)30-7)21(23(25)27)13-18-12-15(3)26(16(18)4)19-8-10-20(29-6)11-9-19/h8-14H,1-7H3/b21-13-. The zero-order valence-corrected chi connectivity index (χ0v) is 18.6. The number of esters is 1. The molecule has 0 atom stereocenters. The monoisotopic (exact) mass is 408 g/mol. The van der Waals surface area contributed by atoms with Crippen molar-refractivity contribution in [3.05, 3.63) is 64.1 Å². The van der Waals surface area contributed by atoms with Gasteiger partial charge in [-0.1, -0.05) is 0 Å². The van der Waals surface area contributed by atoms with Crippen LogP contribution < -0.4 is 4.74 Å². The van der Waals surface area contributed by atoms with E-state index in [-0.39, 0.29) is 11.9 Å². The summed E-state index contributed by atoms with van der Waals surface area (Å²) in [6, 6.07) is 9.75. The lowest BCUT2D eigenvalue weighted by atomic mass is 10.0. The van der Waals surface area contributed by atoms with Gasteiger partial charge < -0.3 is 18.9 Å². The highest BCUT2D eigenvalue weighted by atomic mass is 16.5. The number of aryl methyl sites for hydroxylation is 1. The molecule has 1 aromatic heterocycles. The van der Waals surface area contributed by atoms with Gasteiger partial charge in [-0.05, 0) is 76.6 Å². The second-order valence-electron chi connectivity index (χ2n) is 7.64. The Bertz CT molecular complexity index is 1060. The maximum atomic E-state index is 13.1. The number of hydrogen-bond donors (Lipinski definition) is 0. The normalized spacial score (nSPS) is 15.5. The summed E-state index contributed by atoms with van der Waals surface area (Å²) >= 11 is 0. The minimum atomic E-state index is -0.501. The summed E-state index contributed by atoms with van der Waals surface area (Å²) in [5.74, 6) is 0.105. The van der Waals surface area contributed by atoms with Gasteiger partial charge in [0, 0.05) is 28.8 Å². The van der Waals surface area contributed by atoms with E-state index >= 15 is 0 Å². The zero-order valence-electron chi connectivity index (χ0n) is 18.6. The van der Waals surface area contributed by atoms with Crippen LogP contribution in [0.25, 0.3) is 11.8 Å². The van der Waals surface area contributed by atoms with Crippen LogP contribution >= 0.6 is 0 Å². The minimum absolute atomic E-state index is 0.0604. The summed E-state index contributed by atoms with van der Waals surface area (Å²) in [6.45, 7) is 9.64. The van der Waals surface area contributed by atoms with Crippen molar-refractivity contribution in [2.75, 3.05) is 14.2 Å². The van der Waals surface area contributed by atoms with Gasteiger partial charge in [-0.3, -0.25) is 4.79 Å². The first kappa shape index (κ1) is 21.4. The quantitative estimate of drug-likeness (QED) is 0.550. The van der Waals surface area contributed by atoms with Gasteiger partial charge in [0.1, 0.15) is 5.75 Å². The number of rotatable bonds is 5. The number of carbonyl (C=O) groups is 2. The molecule has 2 aromatic rings. The molecule has 1 amide bonds. The molecule has 1 aromatic carbocycles. The van der Waals surface area contributed by atoms with Crippen molar-refractivity contribution >= 4 is 18.0 Å². The van der Waals surface area contributed by atoms with Crippen molar-refractivity contribution in [1.82, 2.24) is 9.47 Å². The van der Waals surface area contributed by atoms with Crippen molar-refractivity contribution in [3.8, 4) is 11.4 Å². The average molecular weight is 408 g/mol. The van der Waals surface area contributed by atoms with Crippen LogP contribution in [0.5, 0.6) is 5.75 Å². The molecular formula is C24H28N2O4. The number of carbonyl (C=O) groups excluding carboxylic acids is 2. The van der Waals surface area contributed by atoms with E-state index in [1.54, 1.807) is 25.0 Å². The molecule has 0 bridgehead atoms. The molecule has 2 heterocycles. The first-order chi connectivity index (χ1) is 14.2. The minimum Gasteiger partial charge on any atom is -0.497 e. The molecule has 0 saturated heterocycles. The van der Waals surface area contributed by atoms with E-state index < -0.39 is 5.97 Å². The summed E-state index contributed by atoms with van der Waals surface area (Å²) in [6.07, 6.45) is 1.79. The summed E-state index contributed by atoms with van der Waals surface area (Å²) < 4.78 is 12.3. The molecule has 0 fully saturated rings. The van der Waals surface area contributed by atoms with Gasteiger partial charge in [0.15, 0.2) is 0 Å². The summed E-state index contributed by atoms with van der Waals surface area (Å²) in [5, 5.41) is 0. The smallest absolute Gasteiger partial charge is 0.340 e. The Labute approximate surface area is 177 Å². The Balaban J connectivity index is 2.12. The molecule has 1 aliphatic heterocycles. The Morgan fingerprint density at radius 1 is 1.07 bits per heavy atom. The Morgan fingerprint density at radius 2 is 1.70 bits per heavy atom. The van der Waals surface area contributed by atoms with Gasteiger partial charge in [-0.25, -0.2) is 4.79 Å². The number of benzene rings is 1. The topological polar surface area (TPSA) is 60.8 Å². The lowest BCUT2D eigenvalue weighted by molar-refractivity contribution is -0.136. The predicted octanol–water partition coefficient (Wildman–Crippen LogP) is 4.18. The van der Waals surface area contributed by atoms with E-state index in [9.17, 15) is 9.59 Å². The molecule has 0 saturated carbocycles. The third-order valence-corrected chi connectivity index (χ3v) is 5.45. The van der Waals surface area contributed by atoms with Crippen LogP contribution in [0, 0.1) is 13.8 Å². The Morgan fingerprint density at radius 3 is 2.23 bits per heavy atom. The number of hydrogen-bond acceptors (Lipinski definition) is 4. The second-order valence-corrected chi connectivity index (χ2v) is 7.64. The summed E-state index contributed by atoms with van der Waals surface area (Å²) in [5.41, 5.74) is 5.19. The Hall–Kier alpha value is -3.28. The van der Waals surface area contributed by atoms with Gasteiger partial charge in [-0.2, -0.15) is 0 Å². The fourth-order valence-corrected chi connectivity index (χ4v) is 4.04. The van der Waals surface area contributed by atoms with Gasteiger partial charge in [0.05, 0.1) is 25.4 Å². The highest BCUT2D eigenvalue weighted by molar-refractivity contribution is 6.16. The maximum Gasteiger partial charge on any atom is 0.340 e. The SMILES string of the molecule is COC(=O)C1=C(C)N(C(C)C)C(=O)/C1=C\c1cc(C)n(-c2ccc(OC)cc2)c1C. The molecule has 6 heteroatoms. The van der Waals surface area contributed by atoms with Crippen molar-refractivity contribution in [2.45, 2.75) is 40.7 Å². The summed E-state index contributed by atoms with van der Waals surface area (Å²) in [7, 11) is 2.97. The van der Waals surface area contributed by atoms with Gasteiger partial charge in [0.2, 0.25) is 0 Å². The maximum absolute atomic E-state index is 13.1. The first-order valence-corrected chi connectivity index (χ1v) is 9.89. The molecule has 30 heavy (non-hydrogen) atoms. The molecule has 1 aliphatic rings. The molecule has 0 N–H and O–H groups in total. The summed E-state index contributed by atoms with van der Waals surface area (Å²) in [4.78, 5) is 27.2. The van der Waals surface area contributed by atoms with Crippen LogP contribution in [0.4, 0.5) is 0 Å². The fraction of sp³-hybridized carbons (Fsp3) is 0.333. The van der Waals surface area contributed by atoms with E-state index in [0.29, 0.717) is 16.8 Å². The molecule has 0 spiro atoms. The van der Waals surface area contributed by atoms with Crippen LogP contribution in [-0.2, 0) is 14.3 Å². The number of nitrogens with zero attached hydrogens (tertiary/aromatic N) is 2. The van der Waals surface area contributed by atoms with E-state index in [2.05, 4.69) is 4.57 Å². The number of aromatic nitrogens is 1. The zero-order chi connectivity index (χ0) is 22.2. The third kappa shape index (κ3) is 3.54. The average Bonchev–Trinajstić information content (AvgIpc) is 3.13. The highest BCUT2D eigenvalue weighted by Crippen LogP contribution is 2.34. The van der Waals surface area contributed by atoms with Crippen LogP contribution in [-0.4, -0.2) is 41.6 Å². The van der Waals surface area contributed by atoms with Gasteiger partial charge in [-0.15, -0.1) is 0 Å². The largest absolute Gasteiger partial charge is 0.497 e. The number of ether oxygens (including phenoxy) is 2. The van der Waals surface area contributed by atoms with E-state index in [1.807, 2.05) is 58.0 Å². The molecule has 0 radical (unpaired) electrons. The number of allylic oxidation sites excluding steroid dienone is 1. The molecule has 158 valence electrons. The molecule has 0 aliphatic carbocycles. The van der Waals surface area contributed by atoms with Gasteiger partial charge >= 0.3 is 5.97 Å². The highest BCUT2D eigenvalue weighted by Gasteiger charge is 2.38. The van der Waals surface area contributed by atoms with Crippen molar-refractivity contribution < 1.29 is 19.1 Å². The molecule has 6 nitrogen and oxygen atoms in total. The number of amides is 1. The fourth-order valence-electron chi connectivity index (χ4n) is 4.04.